The number of benzene rings is 1. The molecule has 0 radical (unpaired) electrons. The fourth-order valence-corrected chi connectivity index (χ4v) is 3.55. The van der Waals surface area contributed by atoms with Gasteiger partial charge in [0.1, 0.15) is 5.25 Å². The Morgan fingerprint density at radius 1 is 1.36 bits per heavy atom. The lowest BCUT2D eigenvalue weighted by Crippen LogP contribution is -2.25. The molecule has 0 spiro atoms. The number of ether oxygens (including phenoxy) is 1. The predicted molar refractivity (Wildman–Crippen MR) is 86.1 cm³/mol. The third kappa shape index (κ3) is 2.88. The first kappa shape index (κ1) is 15.1. The first-order valence-electron chi connectivity index (χ1n) is 7.53. The van der Waals surface area contributed by atoms with Crippen molar-refractivity contribution in [2.45, 2.75) is 43.1 Å². The van der Waals surface area contributed by atoms with Gasteiger partial charge in [0.25, 0.3) is 5.56 Å². The number of para-hydroxylation sites is 1. The third-order valence-electron chi connectivity index (χ3n) is 3.70. The van der Waals surface area contributed by atoms with Crippen LogP contribution < -0.4 is 5.56 Å². The van der Waals surface area contributed by atoms with Gasteiger partial charge in [-0.3, -0.25) is 14.2 Å². The monoisotopic (exact) mass is 318 g/mol. The lowest BCUT2D eigenvalue weighted by atomic mass is 10.2. The Kier molecular flexibility index (Phi) is 4.47. The van der Waals surface area contributed by atoms with Crippen LogP contribution in [0.2, 0.25) is 0 Å². The maximum Gasteiger partial charge on any atom is 0.319 e. The van der Waals surface area contributed by atoms with Crippen molar-refractivity contribution in [3.8, 4) is 0 Å². The van der Waals surface area contributed by atoms with E-state index >= 15 is 0 Å². The number of carbonyl (C=O) groups excluding carboxylic acids is 1. The molecule has 5 nitrogen and oxygen atoms in total. The van der Waals surface area contributed by atoms with Crippen LogP contribution in [-0.4, -0.2) is 27.4 Å². The number of unbranched alkanes of at least 4 members (excludes halogenated alkanes) is 1. The molecule has 1 aromatic heterocycles. The predicted octanol–water partition coefficient (Wildman–Crippen LogP) is 2.60. The SMILES string of the molecule is CCCCn1c(S[C@@H]2CCOC2=O)nc2ccccc2c1=O. The van der Waals surface area contributed by atoms with Crippen LogP contribution in [0.25, 0.3) is 10.9 Å². The average Bonchev–Trinajstić information content (AvgIpc) is 2.92. The highest BCUT2D eigenvalue weighted by atomic mass is 32.2. The molecule has 0 saturated carbocycles. The van der Waals surface area contributed by atoms with Crippen molar-refractivity contribution in [3.05, 3.63) is 34.6 Å². The molecule has 116 valence electrons. The van der Waals surface area contributed by atoms with Crippen LogP contribution in [0.15, 0.2) is 34.2 Å². The summed E-state index contributed by atoms with van der Waals surface area (Å²) >= 11 is 1.34. The van der Waals surface area contributed by atoms with E-state index in [0.717, 1.165) is 12.8 Å². The van der Waals surface area contributed by atoms with Gasteiger partial charge in [-0.15, -0.1) is 0 Å². The minimum atomic E-state index is -0.263. The van der Waals surface area contributed by atoms with E-state index in [4.69, 9.17) is 4.74 Å². The molecule has 0 N–H and O–H groups in total. The summed E-state index contributed by atoms with van der Waals surface area (Å²) in [6.45, 7) is 3.15. The first-order valence-corrected chi connectivity index (χ1v) is 8.41. The van der Waals surface area contributed by atoms with E-state index in [1.54, 1.807) is 10.6 Å². The second-order valence-corrected chi connectivity index (χ2v) is 6.45. The summed E-state index contributed by atoms with van der Waals surface area (Å²) < 4.78 is 6.70. The van der Waals surface area contributed by atoms with Gasteiger partial charge in [-0.1, -0.05) is 37.2 Å². The number of cyclic esters (lactones) is 1. The molecule has 0 bridgehead atoms. The Morgan fingerprint density at radius 3 is 2.91 bits per heavy atom. The maximum absolute atomic E-state index is 12.7. The lowest BCUT2D eigenvalue weighted by Gasteiger charge is -2.14. The molecule has 1 atom stereocenters. The number of aromatic nitrogens is 2. The molecule has 2 heterocycles. The van der Waals surface area contributed by atoms with Crippen LogP contribution in [0.5, 0.6) is 0 Å². The van der Waals surface area contributed by atoms with Crippen molar-refractivity contribution in [1.82, 2.24) is 9.55 Å². The van der Waals surface area contributed by atoms with Crippen molar-refractivity contribution >= 4 is 28.6 Å². The summed E-state index contributed by atoms with van der Waals surface area (Å²) in [6.07, 6.45) is 2.57. The highest BCUT2D eigenvalue weighted by Crippen LogP contribution is 2.28. The van der Waals surface area contributed by atoms with E-state index in [2.05, 4.69) is 11.9 Å². The van der Waals surface area contributed by atoms with Gasteiger partial charge in [-0.25, -0.2) is 4.98 Å². The standard InChI is InChI=1S/C16H18N2O3S/c1-2-3-9-18-14(19)11-6-4-5-7-12(11)17-16(18)22-13-8-10-21-15(13)20/h4-7,13H,2-3,8-10H2,1H3/t13-/m1/s1. The summed E-state index contributed by atoms with van der Waals surface area (Å²) in [4.78, 5) is 29.0. The fraction of sp³-hybridized carbons (Fsp3) is 0.438. The first-order chi connectivity index (χ1) is 10.7. The van der Waals surface area contributed by atoms with Crippen molar-refractivity contribution < 1.29 is 9.53 Å². The minimum absolute atomic E-state index is 0.0343. The van der Waals surface area contributed by atoms with Gasteiger partial charge >= 0.3 is 5.97 Å². The van der Waals surface area contributed by atoms with Crippen LogP contribution in [-0.2, 0) is 16.1 Å². The number of carbonyl (C=O) groups is 1. The second kappa shape index (κ2) is 6.52. The molecule has 2 aromatic rings. The van der Waals surface area contributed by atoms with Crippen LogP contribution in [0, 0.1) is 0 Å². The summed E-state index contributed by atoms with van der Waals surface area (Å²) in [5.41, 5.74) is 0.641. The van der Waals surface area contributed by atoms with E-state index in [1.807, 2.05) is 18.2 Å². The fourth-order valence-electron chi connectivity index (χ4n) is 2.46. The largest absolute Gasteiger partial charge is 0.465 e. The number of hydrogen-bond acceptors (Lipinski definition) is 5. The Bertz CT molecular complexity index is 757. The quantitative estimate of drug-likeness (QED) is 0.626. The summed E-state index contributed by atoms with van der Waals surface area (Å²) in [5, 5.41) is 0.971. The molecule has 0 amide bonds. The zero-order chi connectivity index (χ0) is 15.5. The minimum Gasteiger partial charge on any atom is -0.465 e. The van der Waals surface area contributed by atoms with Crippen LogP contribution in [0.1, 0.15) is 26.2 Å². The Labute approximate surface area is 132 Å². The molecule has 3 rings (SSSR count). The zero-order valence-electron chi connectivity index (χ0n) is 12.4. The molecule has 1 aliphatic rings. The van der Waals surface area contributed by atoms with Gasteiger partial charge in [-0.2, -0.15) is 0 Å². The topological polar surface area (TPSA) is 61.2 Å². The molecule has 1 aromatic carbocycles. The number of fused-ring (bicyclic) bond motifs is 1. The van der Waals surface area contributed by atoms with Crippen LogP contribution in [0.4, 0.5) is 0 Å². The Balaban J connectivity index is 2.05. The smallest absolute Gasteiger partial charge is 0.319 e. The number of nitrogens with zero attached hydrogens (tertiary/aromatic N) is 2. The second-order valence-electron chi connectivity index (χ2n) is 5.28. The molecule has 1 saturated heterocycles. The van der Waals surface area contributed by atoms with Gasteiger partial charge in [0, 0.05) is 13.0 Å². The Morgan fingerprint density at radius 2 is 2.18 bits per heavy atom. The number of hydrogen-bond donors (Lipinski definition) is 0. The van der Waals surface area contributed by atoms with E-state index in [1.165, 1.54) is 11.8 Å². The highest BCUT2D eigenvalue weighted by Gasteiger charge is 2.29. The molecule has 6 heteroatoms. The van der Waals surface area contributed by atoms with Gasteiger partial charge < -0.3 is 4.74 Å². The molecular formula is C16H18N2O3S. The molecule has 1 fully saturated rings. The number of rotatable bonds is 5. The molecule has 1 aliphatic heterocycles. The van der Waals surface area contributed by atoms with Crippen molar-refractivity contribution in [1.29, 1.82) is 0 Å². The Hall–Kier alpha value is -1.82. The van der Waals surface area contributed by atoms with Crippen molar-refractivity contribution in [3.63, 3.8) is 0 Å². The maximum atomic E-state index is 12.7. The van der Waals surface area contributed by atoms with E-state index in [0.29, 0.717) is 35.6 Å². The third-order valence-corrected chi connectivity index (χ3v) is 4.93. The summed E-state index contributed by atoms with van der Waals surface area (Å²) in [7, 11) is 0. The molecule has 0 aliphatic carbocycles. The summed E-state index contributed by atoms with van der Waals surface area (Å²) in [5.74, 6) is -0.213. The average molecular weight is 318 g/mol. The van der Waals surface area contributed by atoms with Crippen LogP contribution in [0.3, 0.4) is 0 Å². The van der Waals surface area contributed by atoms with E-state index in [-0.39, 0.29) is 16.8 Å². The highest BCUT2D eigenvalue weighted by molar-refractivity contribution is 8.00. The number of thioether (sulfide) groups is 1. The molecule has 0 unspecified atom stereocenters. The van der Waals surface area contributed by atoms with Gasteiger partial charge in [-0.05, 0) is 18.6 Å². The van der Waals surface area contributed by atoms with Crippen molar-refractivity contribution in [2.75, 3.05) is 6.61 Å². The van der Waals surface area contributed by atoms with Crippen molar-refractivity contribution in [2.24, 2.45) is 0 Å². The van der Waals surface area contributed by atoms with Gasteiger partial charge in [0.2, 0.25) is 0 Å². The summed E-state index contributed by atoms with van der Waals surface area (Å²) in [6, 6.07) is 7.34. The van der Waals surface area contributed by atoms with Gasteiger partial charge in [0.15, 0.2) is 5.16 Å². The van der Waals surface area contributed by atoms with E-state index < -0.39 is 0 Å². The van der Waals surface area contributed by atoms with E-state index in [9.17, 15) is 9.59 Å². The zero-order valence-corrected chi connectivity index (χ0v) is 13.3. The molecular weight excluding hydrogens is 300 g/mol. The molecule has 22 heavy (non-hydrogen) atoms. The van der Waals surface area contributed by atoms with Gasteiger partial charge in [0.05, 0.1) is 17.5 Å². The number of esters is 1. The van der Waals surface area contributed by atoms with Crippen LogP contribution >= 0.6 is 11.8 Å². The lowest BCUT2D eigenvalue weighted by molar-refractivity contribution is -0.137. The normalized spacial score (nSPS) is 17.9.